The van der Waals surface area contributed by atoms with Crippen LogP contribution in [-0.4, -0.2) is 47.4 Å². The zero-order chi connectivity index (χ0) is 21.5. The molecule has 2 aromatic carbocycles. The largest absolute Gasteiger partial charge is 0.385 e. The molecule has 1 saturated heterocycles. The maximum Gasteiger partial charge on any atom is 0.242 e. The molecule has 0 aromatic heterocycles. The SMILES string of the molecule is COCCCN1C(=O)C(CC(=O)Nc2ccccc2F)SC1=Nc1cccc(C)c1. The second kappa shape index (κ2) is 10.4. The zero-order valence-electron chi connectivity index (χ0n) is 16.9. The summed E-state index contributed by atoms with van der Waals surface area (Å²) in [6.45, 7) is 2.95. The quantitative estimate of drug-likeness (QED) is 0.641. The average Bonchev–Trinajstić information content (AvgIpc) is 2.98. The molecular formula is C22H24FN3O3S. The summed E-state index contributed by atoms with van der Waals surface area (Å²) in [5.41, 5.74) is 1.92. The Morgan fingerprint density at radius 1 is 1.27 bits per heavy atom. The molecule has 0 aliphatic carbocycles. The van der Waals surface area contributed by atoms with E-state index in [-0.39, 0.29) is 18.0 Å². The van der Waals surface area contributed by atoms with Gasteiger partial charge < -0.3 is 10.1 Å². The van der Waals surface area contributed by atoms with Crippen molar-refractivity contribution in [2.24, 2.45) is 4.99 Å². The van der Waals surface area contributed by atoms with Crippen LogP contribution in [0.3, 0.4) is 0 Å². The van der Waals surface area contributed by atoms with Crippen LogP contribution in [0.1, 0.15) is 18.4 Å². The van der Waals surface area contributed by atoms with E-state index in [1.807, 2.05) is 31.2 Å². The van der Waals surface area contributed by atoms with Crippen molar-refractivity contribution in [2.45, 2.75) is 25.0 Å². The van der Waals surface area contributed by atoms with Crippen molar-refractivity contribution in [1.29, 1.82) is 0 Å². The van der Waals surface area contributed by atoms with Crippen molar-refractivity contribution in [2.75, 3.05) is 25.6 Å². The van der Waals surface area contributed by atoms with Crippen LogP contribution in [-0.2, 0) is 14.3 Å². The van der Waals surface area contributed by atoms with Crippen LogP contribution in [0.5, 0.6) is 0 Å². The van der Waals surface area contributed by atoms with Gasteiger partial charge in [0.25, 0.3) is 0 Å². The van der Waals surface area contributed by atoms with Crippen LogP contribution < -0.4 is 5.32 Å². The van der Waals surface area contributed by atoms with Gasteiger partial charge in [0.1, 0.15) is 11.1 Å². The standard InChI is InChI=1S/C22H24FN3O3S/c1-15-7-5-8-16(13-15)24-22-26(11-6-12-29-2)21(28)19(30-22)14-20(27)25-18-10-4-3-9-17(18)23/h3-5,7-10,13,19H,6,11-12,14H2,1-2H3,(H,25,27). The van der Waals surface area contributed by atoms with Crippen LogP contribution >= 0.6 is 11.8 Å². The molecular weight excluding hydrogens is 405 g/mol. The summed E-state index contributed by atoms with van der Waals surface area (Å²) in [6.07, 6.45) is 0.592. The summed E-state index contributed by atoms with van der Waals surface area (Å²) >= 11 is 1.26. The Morgan fingerprint density at radius 2 is 2.07 bits per heavy atom. The Morgan fingerprint density at radius 3 is 2.80 bits per heavy atom. The lowest BCUT2D eigenvalue weighted by atomic mass is 10.2. The van der Waals surface area contributed by atoms with Crippen LogP contribution in [0, 0.1) is 12.7 Å². The molecule has 158 valence electrons. The first-order valence-electron chi connectivity index (χ1n) is 9.64. The number of hydrogen-bond donors (Lipinski definition) is 1. The van der Waals surface area contributed by atoms with Gasteiger partial charge in [0, 0.05) is 26.7 Å². The Labute approximate surface area is 179 Å². The fraction of sp³-hybridized carbons (Fsp3) is 0.318. The Bertz CT molecular complexity index is 951. The minimum Gasteiger partial charge on any atom is -0.385 e. The molecule has 1 unspecified atom stereocenters. The molecule has 0 radical (unpaired) electrons. The van der Waals surface area contributed by atoms with Gasteiger partial charge in [-0.1, -0.05) is 36.0 Å². The fourth-order valence-corrected chi connectivity index (χ4v) is 4.22. The van der Waals surface area contributed by atoms with E-state index in [0.29, 0.717) is 24.7 Å². The van der Waals surface area contributed by atoms with Crippen molar-refractivity contribution in [3.8, 4) is 0 Å². The molecule has 1 aliphatic heterocycles. The van der Waals surface area contributed by atoms with Gasteiger partial charge in [0.2, 0.25) is 11.8 Å². The number of nitrogens with one attached hydrogen (secondary N) is 1. The molecule has 6 nitrogen and oxygen atoms in total. The van der Waals surface area contributed by atoms with Gasteiger partial charge in [-0.25, -0.2) is 9.38 Å². The van der Waals surface area contributed by atoms with Crippen LogP contribution in [0.25, 0.3) is 0 Å². The Hall–Kier alpha value is -2.71. The first-order valence-corrected chi connectivity index (χ1v) is 10.5. The molecule has 2 amide bonds. The van der Waals surface area contributed by atoms with E-state index < -0.39 is 17.0 Å². The summed E-state index contributed by atoms with van der Waals surface area (Å²) in [4.78, 5) is 31.6. The number of benzene rings is 2. The van der Waals surface area contributed by atoms with E-state index in [9.17, 15) is 14.0 Å². The molecule has 1 N–H and O–H groups in total. The number of anilines is 1. The molecule has 2 aromatic rings. The highest BCUT2D eigenvalue weighted by Crippen LogP contribution is 2.32. The van der Waals surface area contributed by atoms with E-state index in [0.717, 1.165) is 11.3 Å². The number of aryl methyl sites for hydroxylation is 1. The first kappa shape index (κ1) is 22.0. The summed E-state index contributed by atoms with van der Waals surface area (Å²) in [6, 6.07) is 13.6. The molecule has 0 bridgehead atoms. The Balaban J connectivity index is 1.74. The third kappa shape index (κ3) is 5.67. The van der Waals surface area contributed by atoms with Gasteiger partial charge in [-0.05, 0) is 43.2 Å². The number of aliphatic imine (C=N–C) groups is 1. The van der Waals surface area contributed by atoms with Crippen molar-refractivity contribution in [3.05, 3.63) is 59.9 Å². The lowest BCUT2D eigenvalue weighted by Crippen LogP contribution is -2.34. The molecule has 1 aliphatic rings. The molecule has 1 atom stereocenters. The highest BCUT2D eigenvalue weighted by atomic mass is 32.2. The fourth-order valence-electron chi connectivity index (χ4n) is 3.04. The van der Waals surface area contributed by atoms with Crippen molar-refractivity contribution in [1.82, 2.24) is 4.90 Å². The maximum atomic E-state index is 13.8. The van der Waals surface area contributed by atoms with Crippen LogP contribution in [0.4, 0.5) is 15.8 Å². The van der Waals surface area contributed by atoms with Crippen LogP contribution in [0.2, 0.25) is 0 Å². The lowest BCUT2D eigenvalue weighted by molar-refractivity contribution is -0.128. The molecule has 30 heavy (non-hydrogen) atoms. The van der Waals surface area contributed by atoms with Gasteiger partial charge in [0.15, 0.2) is 5.17 Å². The highest BCUT2D eigenvalue weighted by molar-refractivity contribution is 8.15. The van der Waals surface area contributed by atoms with Crippen LogP contribution in [0.15, 0.2) is 53.5 Å². The number of carbonyl (C=O) groups is 2. The van der Waals surface area contributed by atoms with Gasteiger partial charge in [0.05, 0.1) is 11.4 Å². The van der Waals surface area contributed by atoms with E-state index in [1.54, 1.807) is 24.1 Å². The number of halogens is 1. The number of carbonyl (C=O) groups excluding carboxylic acids is 2. The zero-order valence-corrected chi connectivity index (χ0v) is 17.7. The molecule has 1 fully saturated rings. The van der Waals surface area contributed by atoms with Gasteiger partial charge in [-0.2, -0.15) is 0 Å². The molecule has 3 rings (SSSR count). The lowest BCUT2D eigenvalue weighted by Gasteiger charge is -2.16. The molecule has 1 heterocycles. The normalized spacial score (nSPS) is 17.6. The first-order chi connectivity index (χ1) is 14.5. The minimum atomic E-state index is -0.608. The number of nitrogens with zero attached hydrogens (tertiary/aromatic N) is 2. The van der Waals surface area contributed by atoms with Gasteiger partial charge in [-0.15, -0.1) is 0 Å². The van der Waals surface area contributed by atoms with E-state index in [1.165, 1.54) is 23.9 Å². The maximum absolute atomic E-state index is 13.8. The van der Waals surface area contributed by atoms with E-state index in [2.05, 4.69) is 10.3 Å². The van der Waals surface area contributed by atoms with Crippen molar-refractivity contribution < 1.29 is 18.7 Å². The number of amidine groups is 1. The van der Waals surface area contributed by atoms with E-state index in [4.69, 9.17) is 4.74 Å². The number of methoxy groups -OCH3 is 1. The number of thioether (sulfide) groups is 1. The minimum absolute atomic E-state index is 0.0640. The summed E-state index contributed by atoms with van der Waals surface area (Å²) < 4.78 is 18.9. The second-order valence-electron chi connectivity index (χ2n) is 6.91. The van der Waals surface area contributed by atoms with E-state index >= 15 is 0 Å². The number of amides is 2. The topological polar surface area (TPSA) is 71.0 Å². The van der Waals surface area contributed by atoms with Crippen molar-refractivity contribution in [3.63, 3.8) is 0 Å². The summed E-state index contributed by atoms with van der Waals surface area (Å²) in [5.74, 6) is -1.11. The predicted octanol–water partition coefficient (Wildman–Crippen LogP) is 4.13. The summed E-state index contributed by atoms with van der Waals surface area (Å²) in [5, 5.41) is 2.49. The summed E-state index contributed by atoms with van der Waals surface area (Å²) in [7, 11) is 1.61. The highest BCUT2D eigenvalue weighted by Gasteiger charge is 2.39. The Kier molecular flexibility index (Phi) is 7.59. The monoisotopic (exact) mass is 429 g/mol. The number of hydrogen-bond acceptors (Lipinski definition) is 5. The third-order valence-corrected chi connectivity index (χ3v) is 5.67. The second-order valence-corrected chi connectivity index (χ2v) is 8.08. The number of ether oxygens (including phenoxy) is 1. The van der Waals surface area contributed by atoms with Gasteiger partial charge >= 0.3 is 0 Å². The third-order valence-electron chi connectivity index (χ3n) is 4.50. The molecule has 0 spiro atoms. The number of rotatable bonds is 8. The predicted molar refractivity (Wildman–Crippen MR) is 118 cm³/mol. The smallest absolute Gasteiger partial charge is 0.242 e. The van der Waals surface area contributed by atoms with Gasteiger partial charge in [-0.3, -0.25) is 14.5 Å². The average molecular weight is 430 g/mol. The van der Waals surface area contributed by atoms with Crippen molar-refractivity contribution >= 4 is 40.1 Å². The molecule has 8 heteroatoms. The molecule has 0 saturated carbocycles. The number of para-hydroxylation sites is 1.